The molecule has 1 fully saturated rings. The molecule has 4 aliphatic rings. The molecule has 3 aliphatic heterocycles. The van der Waals surface area contributed by atoms with Crippen LogP contribution in [0.3, 0.4) is 0 Å². The maximum atomic E-state index is 13.5. The predicted octanol–water partition coefficient (Wildman–Crippen LogP) is 3.64. The van der Waals surface area contributed by atoms with Crippen LogP contribution in [0.4, 0.5) is 0 Å². The molecule has 26 heavy (non-hydrogen) atoms. The fourth-order valence-electron chi connectivity index (χ4n) is 5.34. The third-order valence-corrected chi connectivity index (χ3v) is 6.55. The molecule has 1 spiro atoms. The molecular weight excluding hydrogens is 326 g/mol. The Balaban J connectivity index is 1.72. The highest BCUT2D eigenvalue weighted by Crippen LogP contribution is 2.55. The van der Waals surface area contributed by atoms with Gasteiger partial charge in [-0.15, -0.1) is 0 Å². The van der Waals surface area contributed by atoms with Crippen LogP contribution in [0.5, 0.6) is 0 Å². The summed E-state index contributed by atoms with van der Waals surface area (Å²) in [5.41, 5.74) is 3.76. The minimum absolute atomic E-state index is 0.0456. The molecule has 0 bridgehead atoms. The van der Waals surface area contributed by atoms with E-state index in [0.717, 1.165) is 48.3 Å². The number of allylic oxidation sites excluding steroid dienone is 2. The van der Waals surface area contributed by atoms with E-state index in [1.54, 1.807) is 0 Å². The van der Waals surface area contributed by atoms with Crippen LogP contribution in [0.15, 0.2) is 63.6 Å². The number of nitrogens with one attached hydrogen (secondary N) is 1. The molecule has 0 radical (unpaired) electrons. The van der Waals surface area contributed by atoms with Crippen molar-refractivity contribution >= 4 is 5.78 Å². The number of benzene rings is 1. The largest absolute Gasteiger partial charge is 0.381 e. The third kappa shape index (κ3) is 2.04. The normalized spacial score (nSPS) is 35.3. The number of hydrogen-bond acceptors (Lipinski definition) is 5. The first kappa shape index (κ1) is 15.9. The molecule has 1 aromatic carbocycles. The number of rotatable bonds is 2. The van der Waals surface area contributed by atoms with Crippen molar-refractivity contribution in [2.75, 3.05) is 13.2 Å². The van der Waals surface area contributed by atoms with Gasteiger partial charge in [-0.05, 0) is 24.8 Å². The van der Waals surface area contributed by atoms with Gasteiger partial charge < -0.3 is 10.1 Å². The van der Waals surface area contributed by atoms with Gasteiger partial charge in [0.15, 0.2) is 11.9 Å². The van der Waals surface area contributed by atoms with E-state index < -0.39 is 5.41 Å². The molecule has 1 saturated heterocycles. The topological polar surface area (TPSA) is 63.0 Å². The van der Waals surface area contributed by atoms with Gasteiger partial charge >= 0.3 is 0 Å². The van der Waals surface area contributed by atoms with Gasteiger partial charge in [0.05, 0.1) is 18.2 Å². The Hall–Kier alpha value is -2.27. The van der Waals surface area contributed by atoms with Crippen LogP contribution in [0.25, 0.3) is 0 Å². The Kier molecular flexibility index (Phi) is 3.44. The van der Waals surface area contributed by atoms with E-state index in [0.29, 0.717) is 13.0 Å². The van der Waals surface area contributed by atoms with E-state index in [-0.39, 0.29) is 17.4 Å². The first-order valence-electron chi connectivity index (χ1n) is 9.46. The van der Waals surface area contributed by atoms with Crippen molar-refractivity contribution < 1.29 is 9.53 Å². The summed E-state index contributed by atoms with van der Waals surface area (Å²) in [6.45, 7) is 3.59. The van der Waals surface area contributed by atoms with E-state index in [9.17, 15) is 4.79 Å². The minimum atomic E-state index is -0.436. The summed E-state index contributed by atoms with van der Waals surface area (Å²) in [4.78, 5) is 13.5. The summed E-state index contributed by atoms with van der Waals surface area (Å²) in [5, 5.41) is 12.1. The van der Waals surface area contributed by atoms with Gasteiger partial charge in [-0.2, -0.15) is 10.2 Å². The molecule has 1 aliphatic carbocycles. The number of ether oxygens (including phenoxy) is 1. The van der Waals surface area contributed by atoms with Crippen LogP contribution in [-0.2, 0) is 14.9 Å². The molecule has 0 aromatic heterocycles. The number of hydrogen-bond donors (Lipinski definition) is 1. The summed E-state index contributed by atoms with van der Waals surface area (Å²) in [6.07, 6.45) is 4.90. The van der Waals surface area contributed by atoms with Crippen LogP contribution < -0.4 is 5.32 Å². The van der Waals surface area contributed by atoms with Crippen molar-refractivity contribution in [2.45, 2.75) is 44.2 Å². The summed E-state index contributed by atoms with van der Waals surface area (Å²) in [6, 6.07) is 10.4. The first-order valence-corrected chi connectivity index (χ1v) is 9.46. The molecule has 1 aromatic rings. The van der Waals surface area contributed by atoms with Crippen molar-refractivity contribution in [1.29, 1.82) is 0 Å². The number of ketones is 1. The summed E-state index contributed by atoms with van der Waals surface area (Å²) < 4.78 is 5.66. The molecular formula is C21H23N3O2. The Bertz CT molecular complexity index is 849. The molecule has 0 saturated carbocycles. The monoisotopic (exact) mass is 349 g/mol. The maximum absolute atomic E-state index is 13.5. The van der Waals surface area contributed by atoms with Crippen molar-refractivity contribution in [3.05, 3.63) is 58.9 Å². The van der Waals surface area contributed by atoms with Gasteiger partial charge in [0.1, 0.15) is 0 Å². The number of carbonyl (C=O) groups is 1. The Morgan fingerprint density at radius 3 is 2.85 bits per heavy atom. The summed E-state index contributed by atoms with van der Waals surface area (Å²) >= 11 is 0. The van der Waals surface area contributed by atoms with E-state index in [1.807, 2.05) is 24.4 Å². The zero-order chi connectivity index (χ0) is 17.8. The van der Waals surface area contributed by atoms with Crippen molar-refractivity contribution in [3.63, 3.8) is 0 Å². The maximum Gasteiger partial charge on any atom is 0.164 e. The van der Waals surface area contributed by atoms with E-state index in [1.165, 1.54) is 0 Å². The molecule has 5 nitrogen and oxygen atoms in total. The zero-order valence-electron chi connectivity index (χ0n) is 15.0. The van der Waals surface area contributed by atoms with E-state index in [2.05, 4.69) is 34.6 Å². The number of carbonyl (C=O) groups excluding carboxylic acids is 1. The minimum Gasteiger partial charge on any atom is -0.381 e. The second kappa shape index (κ2) is 5.61. The predicted molar refractivity (Wildman–Crippen MR) is 97.4 cm³/mol. The van der Waals surface area contributed by atoms with Crippen LogP contribution in [0.1, 0.15) is 38.2 Å². The molecule has 5 heteroatoms. The molecule has 3 atom stereocenters. The van der Waals surface area contributed by atoms with Crippen molar-refractivity contribution in [3.8, 4) is 0 Å². The first-order chi connectivity index (χ1) is 12.7. The van der Waals surface area contributed by atoms with Crippen molar-refractivity contribution in [1.82, 2.24) is 5.32 Å². The number of Topliss-reactive ketones (excluding diaryl/α,β-unsaturated/α-hetero) is 1. The Morgan fingerprint density at radius 1 is 1.27 bits per heavy atom. The fourth-order valence-corrected chi connectivity index (χ4v) is 5.34. The summed E-state index contributed by atoms with van der Waals surface area (Å²) in [5.74, 6) is 0.251. The van der Waals surface area contributed by atoms with Gasteiger partial charge in [-0.3, -0.25) is 4.79 Å². The molecule has 1 unspecified atom stereocenters. The number of nitrogens with zero attached hydrogens (tertiary/aromatic N) is 2. The number of fused-ring (bicyclic) bond motifs is 1. The van der Waals surface area contributed by atoms with Crippen LogP contribution in [0.2, 0.25) is 0 Å². The zero-order valence-corrected chi connectivity index (χ0v) is 15.0. The summed E-state index contributed by atoms with van der Waals surface area (Å²) in [7, 11) is 0. The van der Waals surface area contributed by atoms with Gasteiger partial charge in [0.2, 0.25) is 0 Å². The van der Waals surface area contributed by atoms with Crippen LogP contribution >= 0.6 is 0 Å². The fraction of sp³-hybridized carbons (Fsp3) is 0.476. The SMILES string of the molecule is CC[C@@]1(c2ccccc2)C2=CN=NC2NC2=C1C(=O)C[C@@]1(CCOC1)C2. The van der Waals surface area contributed by atoms with Gasteiger partial charge in [-0.25, -0.2) is 0 Å². The standard InChI is InChI=1S/C21H23N3O2/c1-2-21(14-6-4-3-5-7-14)15-12-22-24-19(15)23-16-10-20(8-9-26-13-20)11-17(25)18(16)21/h3-7,12,19,23H,2,8-11,13H2,1H3/t19?,20-,21-/m1/s1. The smallest absolute Gasteiger partial charge is 0.164 e. The lowest BCUT2D eigenvalue weighted by Crippen LogP contribution is -2.52. The van der Waals surface area contributed by atoms with Gasteiger partial charge in [0.25, 0.3) is 0 Å². The molecule has 0 amide bonds. The molecule has 5 rings (SSSR count). The van der Waals surface area contributed by atoms with Crippen LogP contribution in [0, 0.1) is 5.41 Å². The second-order valence-electron chi connectivity index (χ2n) is 7.92. The van der Waals surface area contributed by atoms with Crippen molar-refractivity contribution in [2.24, 2.45) is 15.6 Å². The lowest BCUT2D eigenvalue weighted by Gasteiger charge is -2.48. The number of azo groups is 1. The average Bonchev–Trinajstić information content (AvgIpc) is 3.30. The quantitative estimate of drug-likeness (QED) is 0.887. The Morgan fingerprint density at radius 2 is 2.12 bits per heavy atom. The van der Waals surface area contributed by atoms with Gasteiger partial charge in [0, 0.05) is 35.3 Å². The lowest BCUT2D eigenvalue weighted by atomic mass is 9.58. The average molecular weight is 349 g/mol. The third-order valence-electron chi connectivity index (χ3n) is 6.55. The Labute approximate surface area is 153 Å². The van der Waals surface area contributed by atoms with Gasteiger partial charge in [-0.1, -0.05) is 37.3 Å². The molecule has 134 valence electrons. The highest BCUT2D eigenvalue weighted by atomic mass is 16.5. The van der Waals surface area contributed by atoms with E-state index in [4.69, 9.17) is 4.74 Å². The highest BCUT2D eigenvalue weighted by Gasteiger charge is 2.54. The van der Waals surface area contributed by atoms with E-state index >= 15 is 0 Å². The highest BCUT2D eigenvalue weighted by molar-refractivity contribution is 6.01. The molecule has 3 heterocycles. The lowest BCUT2D eigenvalue weighted by molar-refractivity contribution is -0.119. The molecule has 1 N–H and O–H groups in total. The van der Waals surface area contributed by atoms with Crippen LogP contribution in [-0.4, -0.2) is 25.2 Å². The second-order valence-corrected chi connectivity index (χ2v) is 7.92.